The number of carbonyl (C=O) groups is 1. The van der Waals surface area contributed by atoms with E-state index in [2.05, 4.69) is 10.0 Å². The summed E-state index contributed by atoms with van der Waals surface area (Å²) in [5, 5.41) is 12.4. The van der Waals surface area contributed by atoms with Gasteiger partial charge < -0.3 is 5.11 Å². The maximum Gasteiger partial charge on any atom is 0.362 e. The molecule has 1 aromatic rings. The van der Waals surface area contributed by atoms with Gasteiger partial charge in [0.25, 0.3) is 0 Å². The molecule has 0 radical (unpaired) electrons. The molecule has 0 unspecified atom stereocenters. The van der Waals surface area contributed by atoms with Crippen LogP contribution in [0.5, 0.6) is 0 Å². The number of nitrogens with one attached hydrogen (secondary N) is 1. The fourth-order valence-electron chi connectivity index (χ4n) is 0.966. The van der Waals surface area contributed by atoms with E-state index in [1.165, 1.54) is 6.08 Å². The molecule has 2 N–H and O–H groups in total. The summed E-state index contributed by atoms with van der Waals surface area (Å²) in [5.41, 5.74) is 6.50. The highest BCUT2D eigenvalue weighted by molar-refractivity contribution is 6.42. The molecule has 0 aromatic heterocycles. The number of carboxylic acids is 1. The first-order chi connectivity index (χ1) is 7.56. The first kappa shape index (κ1) is 12.4. The van der Waals surface area contributed by atoms with Gasteiger partial charge in [0.15, 0.2) is 5.11 Å². The topological polar surface area (TPSA) is 87.6 Å². The number of rotatable bonds is 3. The third-order valence-electron chi connectivity index (χ3n) is 1.65. The number of benzene rings is 1. The van der Waals surface area contributed by atoms with Crippen LogP contribution in [-0.2, 0) is 4.79 Å². The van der Waals surface area contributed by atoms with Crippen LogP contribution < -0.4 is 4.91 Å². The van der Waals surface area contributed by atoms with E-state index in [9.17, 15) is 4.79 Å². The minimum absolute atomic E-state index is 0.225. The smallest absolute Gasteiger partial charge is 0.362 e. The van der Waals surface area contributed by atoms with E-state index in [4.69, 9.17) is 33.8 Å². The highest BCUT2D eigenvalue weighted by Gasteiger charge is 2.13. The summed E-state index contributed by atoms with van der Waals surface area (Å²) in [7, 11) is 0. The van der Waals surface area contributed by atoms with Crippen molar-refractivity contribution in [3.63, 3.8) is 0 Å². The summed E-state index contributed by atoms with van der Waals surface area (Å²) < 4.78 is 0. The zero-order valence-corrected chi connectivity index (χ0v) is 9.33. The lowest BCUT2D eigenvalue weighted by Crippen LogP contribution is -1.97. The monoisotopic (exact) mass is 258 g/mol. The molecule has 0 aliphatic rings. The molecule has 0 amide bonds. The van der Waals surface area contributed by atoms with Gasteiger partial charge in [0.2, 0.25) is 10.6 Å². The molecule has 1 aromatic carbocycles. The van der Waals surface area contributed by atoms with Gasteiger partial charge in [-0.2, -0.15) is 0 Å². The van der Waals surface area contributed by atoms with Crippen molar-refractivity contribution in [2.45, 2.75) is 0 Å². The Balaban J connectivity index is 3.28. The lowest BCUT2D eigenvalue weighted by atomic mass is 10.2. The Labute approximate surface area is 101 Å². The highest BCUT2D eigenvalue weighted by Crippen LogP contribution is 2.27. The zero-order valence-electron chi connectivity index (χ0n) is 7.82. The normalized spacial score (nSPS) is 10.8. The van der Waals surface area contributed by atoms with E-state index < -0.39 is 5.97 Å². The second-order valence-electron chi connectivity index (χ2n) is 2.68. The molecule has 16 heavy (non-hydrogen) atoms. The number of aliphatic carboxylic acids is 1. The fourth-order valence-corrected chi connectivity index (χ4v) is 1.33. The van der Waals surface area contributed by atoms with Crippen molar-refractivity contribution in [1.82, 2.24) is 4.91 Å². The van der Waals surface area contributed by atoms with E-state index in [0.717, 1.165) is 0 Å². The molecule has 0 fully saturated rings. The van der Waals surface area contributed by atoms with Crippen LogP contribution in [0.3, 0.4) is 0 Å². The van der Waals surface area contributed by atoms with Crippen molar-refractivity contribution in [2.75, 3.05) is 0 Å². The van der Waals surface area contributed by atoms with E-state index in [1.54, 1.807) is 18.2 Å². The Morgan fingerprint density at radius 2 is 2.19 bits per heavy atom. The van der Waals surface area contributed by atoms with Gasteiger partial charge in [-0.1, -0.05) is 35.3 Å². The number of hydrogen-bond donors (Lipinski definition) is 2. The minimum Gasteiger partial charge on any atom is -0.476 e. The average Bonchev–Trinajstić information content (AvgIpc) is 2.23. The predicted octanol–water partition coefficient (Wildman–Crippen LogP) is 2.97. The molecule has 0 saturated carbocycles. The standard InChI is InChI=1S/C9H5Cl2N3O2/c10-6-3-1-2-5(8(6)11)4-7(9(15)16)13-14-12/h1-4,12H/p+1/b7-4-. The lowest BCUT2D eigenvalue weighted by molar-refractivity contribution is -0.132. The summed E-state index contributed by atoms with van der Waals surface area (Å²) in [5.74, 6) is -1.30. The van der Waals surface area contributed by atoms with Gasteiger partial charge in [0.05, 0.1) is 10.0 Å². The summed E-state index contributed by atoms with van der Waals surface area (Å²) in [6, 6.07) is 4.78. The van der Waals surface area contributed by atoms with Crippen LogP contribution in [-0.4, -0.2) is 11.1 Å². The van der Waals surface area contributed by atoms with Crippen LogP contribution in [0, 0.1) is 5.53 Å². The molecule has 0 saturated heterocycles. The Bertz CT molecular complexity index is 503. The van der Waals surface area contributed by atoms with E-state index in [-0.39, 0.29) is 10.7 Å². The molecule has 1 rings (SSSR count). The molecule has 0 bridgehead atoms. The van der Waals surface area contributed by atoms with Gasteiger partial charge in [-0.25, -0.2) is 4.79 Å². The number of halogens is 2. The molecule has 0 spiro atoms. The quantitative estimate of drug-likeness (QED) is 0.496. The average molecular weight is 259 g/mol. The minimum atomic E-state index is -1.30. The van der Waals surface area contributed by atoms with E-state index >= 15 is 0 Å². The fraction of sp³-hybridized carbons (Fsp3) is 0. The van der Waals surface area contributed by atoms with Crippen LogP contribution in [0.25, 0.3) is 6.08 Å². The Hall–Kier alpha value is -1.68. The Morgan fingerprint density at radius 1 is 1.50 bits per heavy atom. The van der Waals surface area contributed by atoms with Gasteiger partial charge in [-0.3, -0.25) is 0 Å². The van der Waals surface area contributed by atoms with Crippen molar-refractivity contribution >= 4 is 35.2 Å². The van der Waals surface area contributed by atoms with Crippen LogP contribution in [0.2, 0.25) is 10.0 Å². The predicted molar refractivity (Wildman–Crippen MR) is 59.4 cm³/mol. The molecule has 0 atom stereocenters. The van der Waals surface area contributed by atoms with Crippen molar-refractivity contribution in [1.29, 1.82) is 5.53 Å². The molecule has 0 heterocycles. The second-order valence-corrected chi connectivity index (χ2v) is 3.46. The maximum absolute atomic E-state index is 10.7. The molecular weight excluding hydrogens is 253 g/mol. The van der Waals surface area contributed by atoms with E-state index in [0.29, 0.717) is 10.6 Å². The van der Waals surface area contributed by atoms with Crippen molar-refractivity contribution in [3.8, 4) is 0 Å². The molecular formula is C9H6Cl2N3O2+. The molecule has 82 valence electrons. The first-order valence-electron chi connectivity index (χ1n) is 4.02. The SMILES string of the molecule is N=[N+]=N/C(=C\c1cccc(Cl)c1Cl)C(=O)O. The number of hydrogen-bond acceptors (Lipinski definition) is 3. The summed E-state index contributed by atoms with van der Waals surface area (Å²) in [6.45, 7) is 0. The maximum atomic E-state index is 10.7. The van der Waals surface area contributed by atoms with Gasteiger partial charge in [-0.05, 0) is 17.7 Å². The molecule has 5 nitrogen and oxygen atoms in total. The van der Waals surface area contributed by atoms with Crippen molar-refractivity contribution in [3.05, 3.63) is 39.5 Å². The molecule has 7 heteroatoms. The third-order valence-corrected chi connectivity index (χ3v) is 2.48. The third kappa shape index (κ3) is 2.90. The zero-order chi connectivity index (χ0) is 12.1. The molecule has 0 aliphatic heterocycles. The van der Waals surface area contributed by atoms with E-state index in [1.807, 2.05) is 0 Å². The van der Waals surface area contributed by atoms with Crippen LogP contribution in [0.4, 0.5) is 0 Å². The summed E-state index contributed by atoms with van der Waals surface area (Å²) >= 11 is 11.6. The number of nitrogens with zero attached hydrogens (tertiary/aromatic N) is 2. The van der Waals surface area contributed by atoms with Crippen molar-refractivity contribution < 1.29 is 9.90 Å². The Kier molecular flexibility index (Phi) is 4.19. The number of carboxylic acid groups (broad SMARTS) is 1. The molecule has 0 aliphatic carbocycles. The summed E-state index contributed by atoms with van der Waals surface area (Å²) in [6.07, 6.45) is 1.19. The highest BCUT2D eigenvalue weighted by atomic mass is 35.5. The van der Waals surface area contributed by atoms with Gasteiger partial charge in [-0.15, -0.1) is 0 Å². The van der Waals surface area contributed by atoms with Crippen LogP contribution in [0.1, 0.15) is 5.56 Å². The second kappa shape index (κ2) is 5.42. The Morgan fingerprint density at radius 3 is 2.75 bits per heavy atom. The van der Waals surface area contributed by atoms with Crippen LogP contribution in [0.15, 0.2) is 29.0 Å². The largest absolute Gasteiger partial charge is 0.476 e. The first-order valence-corrected chi connectivity index (χ1v) is 4.78. The van der Waals surface area contributed by atoms with Crippen molar-refractivity contribution in [2.24, 2.45) is 5.11 Å². The van der Waals surface area contributed by atoms with Gasteiger partial charge in [0, 0.05) is 0 Å². The van der Waals surface area contributed by atoms with Gasteiger partial charge in [0.1, 0.15) is 5.53 Å². The summed E-state index contributed by atoms with van der Waals surface area (Å²) in [4.78, 5) is 13.4. The lowest BCUT2D eigenvalue weighted by Gasteiger charge is -1.99. The van der Waals surface area contributed by atoms with Gasteiger partial charge >= 0.3 is 5.97 Å². The van der Waals surface area contributed by atoms with Crippen LogP contribution >= 0.6 is 23.2 Å².